The Bertz CT molecular complexity index is 882. The molecule has 0 aliphatic heterocycles. The maximum absolute atomic E-state index is 12.4. The predicted molar refractivity (Wildman–Crippen MR) is 106 cm³/mol. The fourth-order valence-corrected chi connectivity index (χ4v) is 3.81. The molecule has 0 saturated carbocycles. The lowest BCUT2D eigenvalue weighted by Gasteiger charge is -2.10. The van der Waals surface area contributed by atoms with Gasteiger partial charge < -0.3 is 14.8 Å². The van der Waals surface area contributed by atoms with Gasteiger partial charge in [-0.25, -0.2) is 4.98 Å². The number of hydrogen-bond acceptors (Lipinski definition) is 6. The molecule has 0 atom stereocenters. The summed E-state index contributed by atoms with van der Waals surface area (Å²) < 4.78 is 11.7. The highest BCUT2D eigenvalue weighted by Crippen LogP contribution is 2.36. The summed E-state index contributed by atoms with van der Waals surface area (Å²) in [4.78, 5) is 17.0. The van der Waals surface area contributed by atoms with Crippen molar-refractivity contribution < 1.29 is 14.3 Å². The molecule has 5 nitrogen and oxygen atoms in total. The third-order valence-corrected chi connectivity index (χ3v) is 5.47. The van der Waals surface area contributed by atoms with Gasteiger partial charge in [0.1, 0.15) is 10.7 Å². The van der Waals surface area contributed by atoms with E-state index in [9.17, 15) is 4.79 Å². The molecule has 3 rings (SSSR count). The Kier molecular flexibility index (Phi) is 6.14. The first-order valence-corrected chi connectivity index (χ1v) is 9.91. The normalized spacial score (nSPS) is 10.4. The van der Waals surface area contributed by atoms with Gasteiger partial charge in [0.2, 0.25) is 0 Å². The maximum Gasteiger partial charge on any atom is 0.262 e. The molecule has 0 radical (unpaired) electrons. The molecule has 7 heteroatoms. The third kappa shape index (κ3) is 4.36. The molecule has 0 saturated heterocycles. The molecule has 1 aromatic heterocycles. The molecule has 1 heterocycles. The second-order valence-electron chi connectivity index (χ2n) is 5.22. The maximum atomic E-state index is 12.4. The number of para-hydroxylation sites is 2. The fourth-order valence-electron chi connectivity index (χ4n) is 2.31. The number of aromatic nitrogens is 1. The molecule has 134 valence electrons. The number of carbonyl (C=O) groups is 1. The zero-order chi connectivity index (χ0) is 18.4. The zero-order valence-corrected chi connectivity index (χ0v) is 16.0. The first-order chi connectivity index (χ1) is 12.7. The molecule has 2 aromatic carbocycles. The molecular weight excluding hydrogens is 368 g/mol. The van der Waals surface area contributed by atoms with Gasteiger partial charge in [-0.05, 0) is 18.4 Å². The number of thiazole rings is 1. The van der Waals surface area contributed by atoms with E-state index in [1.54, 1.807) is 31.0 Å². The number of nitrogens with one attached hydrogen (secondary N) is 1. The van der Waals surface area contributed by atoms with Crippen molar-refractivity contribution in [2.75, 3.05) is 25.3 Å². The van der Waals surface area contributed by atoms with Gasteiger partial charge in [-0.1, -0.05) is 65.6 Å². The van der Waals surface area contributed by atoms with E-state index in [1.165, 1.54) is 11.3 Å². The minimum Gasteiger partial charge on any atom is -0.493 e. The SMILES string of the molecule is COc1ccccc1OCC(=O)Nc1sc(SC)nc1-c1ccccc1. The molecule has 3 aromatic rings. The van der Waals surface area contributed by atoms with Gasteiger partial charge in [0.05, 0.1) is 7.11 Å². The summed E-state index contributed by atoms with van der Waals surface area (Å²) in [6.07, 6.45) is 1.96. The average Bonchev–Trinajstić information content (AvgIpc) is 3.10. The van der Waals surface area contributed by atoms with Crippen LogP contribution >= 0.6 is 23.1 Å². The molecule has 26 heavy (non-hydrogen) atoms. The summed E-state index contributed by atoms with van der Waals surface area (Å²) in [5, 5.41) is 3.63. The number of anilines is 1. The Morgan fingerprint density at radius 1 is 1.12 bits per heavy atom. The Morgan fingerprint density at radius 2 is 1.81 bits per heavy atom. The van der Waals surface area contributed by atoms with Crippen LogP contribution in [-0.2, 0) is 4.79 Å². The largest absolute Gasteiger partial charge is 0.493 e. The van der Waals surface area contributed by atoms with Crippen LogP contribution in [0.25, 0.3) is 11.3 Å². The van der Waals surface area contributed by atoms with Crippen molar-refractivity contribution in [3.63, 3.8) is 0 Å². The van der Waals surface area contributed by atoms with Gasteiger partial charge in [0, 0.05) is 5.56 Å². The highest BCUT2D eigenvalue weighted by atomic mass is 32.2. The predicted octanol–water partition coefficient (Wildman–Crippen LogP) is 4.56. The molecular formula is C19H18N2O3S2. The smallest absolute Gasteiger partial charge is 0.262 e. The van der Waals surface area contributed by atoms with Crippen LogP contribution in [0, 0.1) is 0 Å². The topological polar surface area (TPSA) is 60.5 Å². The first kappa shape index (κ1) is 18.3. The summed E-state index contributed by atoms with van der Waals surface area (Å²) in [5.41, 5.74) is 1.73. The number of nitrogens with zero attached hydrogens (tertiary/aromatic N) is 1. The van der Waals surface area contributed by atoms with Crippen LogP contribution in [0.2, 0.25) is 0 Å². The van der Waals surface area contributed by atoms with Crippen molar-refractivity contribution >= 4 is 34.0 Å². The molecule has 0 unspecified atom stereocenters. The standard InChI is InChI=1S/C19H18N2O3S2/c1-23-14-10-6-7-11-15(14)24-12-16(22)20-18-17(21-19(25-2)26-18)13-8-4-3-5-9-13/h3-11H,12H2,1-2H3,(H,20,22). The second-order valence-corrected chi connectivity index (χ2v) is 7.27. The van der Waals surface area contributed by atoms with Gasteiger partial charge >= 0.3 is 0 Å². The Morgan fingerprint density at radius 3 is 2.50 bits per heavy atom. The minimum absolute atomic E-state index is 0.110. The Balaban J connectivity index is 1.72. The van der Waals surface area contributed by atoms with Crippen molar-refractivity contribution in [3.8, 4) is 22.8 Å². The lowest BCUT2D eigenvalue weighted by atomic mass is 10.2. The highest BCUT2D eigenvalue weighted by molar-refractivity contribution is 8.00. The summed E-state index contributed by atoms with van der Waals surface area (Å²) in [6.45, 7) is -0.110. The average molecular weight is 386 g/mol. The number of ether oxygens (including phenoxy) is 2. The van der Waals surface area contributed by atoms with Crippen molar-refractivity contribution in [2.45, 2.75) is 4.34 Å². The van der Waals surface area contributed by atoms with Crippen LogP contribution in [-0.4, -0.2) is 30.9 Å². The molecule has 0 fully saturated rings. The molecule has 1 N–H and O–H groups in total. The highest BCUT2D eigenvalue weighted by Gasteiger charge is 2.16. The van der Waals surface area contributed by atoms with E-state index in [2.05, 4.69) is 10.3 Å². The van der Waals surface area contributed by atoms with Gasteiger partial charge in [-0.3, -0.25) is 4.79 Å². The second kappa shape index (κ2) is 8.73. The Hall–Kier alpha value is -2.51. The number of thioether (sulfide) groups is 1. The number of methoxy groups -OCH3 is 1. The quantitative estimate of drug-likeness (QED) is 0.603. The van der Waals surface area contributed by atoms with E-state index in [-0.39, 0.29) is 12.5 Å². The van der Waals surface area contributed by atoms with Crippen molar-refractivity contribution in [1.82, 2.24) is 4.98 Å². The molecule has 0 aliphatic rings. The molecule has 0 bridgehead atoms. The molecule has 1 amide bonds. The summed E-state index contributed by atoms with van der Waals surface area (Å²) in [6, 6.07) is 17.0. The van der Waals surface area contributed by atoms with Crippen LogP contribution in [0.5, 0.6) is 11.5 Å². The fraction of sp³-hybridized carbons (Fsp3) is 0.158. The summed E-state index contributed by atoms with van der Waals surface area (Å²) in [7, 11) is 1.57. The number of benzene rings is 2. The van der Waals surface area contributed by atoms with Gasteiger partial charge in [0.15, 0.2) is 22.4 Å². The monoisotopic (exact) mass is 386 g/mol. The molecule has 0 aliphatic carbocycles. The van der Waals surface area contributed by atoms with E-state index in [0.717, 1.165) is 15.6 Å². The van der Waals surface area contributed by atoms with Gasteiger partial charge in [-0.15, -0.1) is 0 Å². The van der Waals surface area contributed by atoms with Crippen molar-refractivity contribution in [1.29, 1.82) is 0 Å². The van der Waals surface area contributed by atoms with Crippen LogP contribution < -0.4 is 14.8 Å². The molecule has 0 spiro atoms. The van der Waals surface area contributed by atoms with Crippen LogP contribution in [0.15, 0.2) is 58.9 Å². The number of carbonyl (C=O) groups excluding carboxylic acids is 1. The van der Waals surface area contributed by atoms with E-state index >= 15 is 0 Å². The van der Waals surface area contributed by atoms with Crippen LogP contribution in [0.4, 0.5) is 5.00 Å². The number of rotatable bonds is 7. The first-order valence-electron chi connectivity index (χ1n) is 7.87. The van der Waals surface area contributed by atoms with Gasteiger partial charge in [-0.2, -0.15) is 0 Å². The number of amides is 1. The van der Waals surface area contributed by atoms with Crippen molar-refractivity contribution in [2.24, 2.45) is 0 Å². The van der Waals surface area contributed by atoms with E-state index in [1.807, 2.05) is 48.7 Å². The third-order valence-electron chi connectivity index (χ3n) is 3.51. The minimum atomic E-state index is -0.246. The van der Waals surface area contributed by atoms with Crippen molar-refractivity contribution in [3.05, 3.63) is 54.6 Å². The number of hydrogen-bond donors (Lipinski definition) is 1. The van der Waals surface area contributed by atoms with Crippen LogP contribution in [0.1, 0.15) is 0 Å². The van der Waals surface area contributed by atoms with E-state index in [0.29, 0.717) is 16.5 Å². The summed E-state index contributed by atoms with van der Waals surface area (Å²) in [5.74, 6) is 0.875. The van der Waals surface area contributed by atoms with Gasteiger partial charge in [0.25, 0.3) is 5.91 Å². The van der Waals surface area contributed by atoms with Crippen LogP contribution in [0.3, 0.4) is 0 Å². The summed E-state index contributed by atoms with van der Waals surface area (Å²) >= 11 is 3.00. The zero-order valence-electron chi connectivity index (χ0n) is 14.4. The lowest BCUT2D eigenvalue weighted by molar-refractivity contribution is -0.118. The van der Waals surface area contributed by atoms with E-state index in [4.69, 9.17) is 9.47 Å². The lowest BCUT2D eigenvalue weighted by Crippen LogP contribution is -2.20. The van der Waals surface area contributed by atoms with E-state index < -0.39 is 0 Å². The Labute approximate surface area is 160 Å².